The van der Waals surface area contributed by atoms with E-state index < -0.39 is 5.97 Å². The number of rotatable bonds is 5. The van der Waals surface area contributed by atoms with Gasteiger partial charge in [-0.05, 0) is 56.1 Å². The molecule has 1 rings (SSSR count). The Hall–Kier alpha value is -1.83. The van der Waals surface area contributed by atoms with E-state index in [9.17, 15) is 4.79 Å². The molecule has 2 heteroatoms. The molecule has 0 heterocycles. The Labute approximate surface area is 141 Å². The van der Waals surface area contributed by atoms with E-state index in [0.717, 1.165) is 11.1 Å². The van der Waals surface area contributed by atoms with Gasteiger partial charge in [-0.2, -0.15) is 0 Å². The van der Waals surface area contributed by atoms with Crippen LogP contribution in [0.3, 0.4) is 0 Å². The van der Waals surface area contributed by atoms with Crippen molar-refractivity contribution in [1.82, 2.24) is 0 Å². The molecule has 0 aromatic carbocycles. The first kappa shape index (κ1) is 19.2. The van der Waals surface area contributed by atoms with Crippen LogP contribution in [0.5, 0.6) is 0 Å². The Balaban J connectivity index is 2.87. The van der Waals surface area contributed by atoms with Crippen molar-refractivity contribution >= 4 is 5.97 Å². The molecule has 0 amide bonds. The fourth-order valence-corrected chi connectivity index (χ4v) is 2.95. The van der Waals surface area contributed by atoms with E-state index in [1.807, 2.05) is 18.2 Å². The monoisotopic (exact) mass is 314 g/mol. The maximum atomic E-state index is 10.6. The summed E-state index contributed by atoms with van der Waals surface area (Å²) in [6.45, 7) is 13.0. The minimum Gasteiger partial charge on any atom is -0.478 e. The Kier molecular flexibility index (Phi) is 6.80. The summed E-state index contributed by atoms with van der Waals surface area (Å²) in [5, 5.41) is 8.67. The van der Waals surface area contributed by atoms with Gasteiger partial charge in [-0.15, -0.1) is 0 Å². The minimum atomic E-state index is -0.913. The van der Waals surface area contributed by atoms with Crippen LogP contribution < -0.4 is 0 Å². The summed E-state index contributed by atoms with van der Waals surface area (Å²) in [6, 6.07) is 0. The lowest BCUT2D eigenvalue weighted by molar-refractivity contribution is -0.131. The molecule has 126 valence electrons. The fourth-order valence-electron chi connectivity index (χ4n) is 2.95. The number of carboxylic acids is 1. The van der Waals surface area contributed by atoms with E-state index in [0.29, 0.717) is 5.92 Å². The average molecular weight is 314 g/mol. The lowest BCUT2D eigenvalue weighted by Crippen LogP contribution is -2.23. The molecule has 1 unspecified atom stereocenters. The number of hydrogen-bond acceptors (Lipinski definition) is 1. The Morgan fingerprint density at radius 3 is 2.48 bits per heavy atom. The van der Waals surface area contributed by atoms with Gasteiger partial charge in [0.2, 0.25) is 0 Å². The van der Waals surface area contributed by atoms with Crippen LogP contribution in [0.15, 0.2) is 58.7 Å². The van der Waals surface area contributed by atoms with Gasteiger partial charge in [0.25, 0.3) is 0 Å². The van der Waals surface area contributed by atoms with Gasteiger partial charge in [0.05, 0.1) is 0 Å². The highest BCUT2D eigenvalue weighted by atomic mass is 16.4. The van der Waals surface area contributed by atoms with E-state index in [4.69, 9.17) is 5.11 Å². The molecule has 23 heavy (non-hydrogen) atoms. The second-order valence-corrected chi connectivity index (χ2v) is 7.25. The van der Waals surface area contributed by atoms with Gasteiger partial charge in [-0.3, -0.25) is 0 Å². The second-order valence-electron chi connectivity index (χ2n) is 7.25. The summed E-state index contributed by atoms with van der Waals surface area (Å²) in [7, 11) is 0. The van der Waals surface area contributed by atoms with Crippen LogP contribution in [0.25, 0.3) is 0 Å². The molecule has 0 saturated heterocycles. The molecule has 1 atom stereocenters. The summed E-state index contributed by atoms with van der Waals surface area (Å²) in [4.78, 5) is 10.6. The smallest absolute Gasteiger partial charge is 0.328 e. The van der Waals surface area contributed by atoms with E-state index in [-0.39, 0.29) is 5.41 Å². The van der Waals surface area contributed by atoms with Crippen molar-refractivity contribution in [2.24, 2.45) is 11.3 Å². The van der Waals surface area contributed by atoms with Gasteiger partial charge < -0.3 is 5.11 Å². The molecule has 0 spiro atoms. The maximum absolute atomic E-state index is 10.6. The lowest BCUT2D eigenvalue weighted by atomic mass is 9.69. The number of allylic oxidation sites excluding steroid dienone is 9. The number of carbonyl (C=O) groups is 1. The molecular weight excluding hydrogens is 284 g/mol. The summed E-state index contributed by atoms with van der Waals surface area (Å²) in [5.41, 5.74) is 5.07. The summed E-state index contributed by atoms with van der Waals surface area (Å²) in [5.74, 6) is -0.250. The lowest BCUT2D eigenvalue weighted by Gasteiger charge is -2.36. The minimum absolute atomic E-state index is 0.240. The normalized spacial score (nSPS) is 23.1. The molecule has 0 radical (unpaired) electrons. The number of hydrogen-bond donors (Lipinski definition) is 1. The van der Waals surface area contributed by atoms with Crippen LogP contribution in [0, 0.1) is 11.3 Å². The van der Waals surface area contributed by atoms with Gasteiger partial charge in [0, 0.05) is 6.08 Å². The van der Waals surface area contributed by atoms with Gasteiger partial charge in [-0.1, -0.05) is 62.3 Å². The highest BCUT2D eigenvalue weighted by molar-refractivity contribution is 5.81. The molecule has 0 bridgehead atoms. The molecular formula is C21H30O2. The largest absolute Gasteiger partial charge is 0.478 e. The first-order chi connectivity index (χ1) is 10.6. The molecule has 1 aliphatic carbocycles. The molecule has 1 aliphatic rings. The van der Waals surface area contributed by atoms with Crippen molar-refractivity contribution in [1.29, 1.82) is 0 Å². The summed E-state index contributed by atoms with van der Waals surface area (Å²) >= 11 is 0. The Bertz CT molecular complexity index is 595. The third-order valence-corrected chi connectivity index (χ3v) is 4.68. The molecule has 0 fully saturated rings. The molecule has 0 aliphatic heterocycles. The van der Waals surface area contributed by atoms with Crippen molar-refractivity contribution in [3.63, 3.8) is 0 Å². The first-order valence-electron chi connectivity index (χ1n) is 8.29. The highest BCUT2D eigenvalue weighted by Gasteiger charge is 2.29. The summed E-state index contributed by atoms with van der Waals surface area (Å²) in [6.07, 6.45) is 13.8. The van der Waals surface area contributed by atoms with Gasteiger partial charge in [0.1, 0.15) is 0 Å². The number of carboxylic acid groups (broad SMARTS) is 1. The van der Waals surface area contributed by atoms with Gasteiger partial charge in [-0.25, -0.2) is 4.79 Å². The van der Waals surface area contributed by atoms with E-state index >= 15 is 0 Å². The highest BCUT2D eigenvalue weighted by Crippen LogP contribution is 2.43. The standard InChI is InChI=1S/C21H30O2/c1-15(8-7-9-16(2)14-20(22)23)10-11-19-18(4)17(3)12-13-21(19,5)6/h7-11,14,17H,12-13H2,1-6H3,(H,22,23)/b9-7+,11-10+,15-8+,16-14+. The molecule has 0 aromatic rings. The van der Waals surface area contributed by atoms with Crippen molar-refractivity contribution in [2.75, 3.05) is 0 Å². The van der Waals surface area contributed by atoms with Crippen molar-refractivity contribution in [3.05, 3.63) is 58.7 Å². The zero-order valence-corrected chi connectivity index (χ0v) is 15.3. The van der Waals surface area contributed by atoms with E-state index in [2.05, 4.69) is 46.8 Å². The van der Waals surface area contributed by atoms with Crippen LogP contribution in [0.4, 0.5) is 0 Å². The molecule has 1 N–H and O–H groups in total. The number of aliphatic carboxylic acids is 1. The SMILES string of the molecule is CC1=C(/C=C/C(C)=C/C=C/C(C)=C/C(=O)O)C(C)(C)CCC1C. The van der Waals surface area contributed by atoms with Crippen molar-refractivity contribution in [2.45, 2.75) is 54.4 Å². The molecule has 0 aromatic heterocycles. The zero-order valence-electron chi connectivity index (χ0n) is 15.3. The first-order valence-corrected chi connectivity index (χ1v) is 8.29. The van der Waals surface area contributed by atoms with Crippen LogP contribution in [0.1, 0.15) is 54.4 Å². The van der Waals surface area contributed by atoms with Crippen LogP contribution in [0.2, 0.25) is 0 Å². The zero-order chi connectivity index (χ0) is 17.6. The predicted octanol–water partition coefficient (Wildman–Crippen LogP) is 5.85. The molecule has 2 nitrogen and oxygen atoms in total. The van der Waals surface area contributed by atoms with Gasteiger partial charge >= 0.3 is 5.97 Å². The van der Waals surface area contributed by atoms with Crippen molar-refractivity contribution < 1.29 is 9.90 Å². The Morgan fingerprint density at radius 1 is 1.22 bits per heavy atom. The third kappa shape index (κ3) is 6.05. The average Bonchev–Trinajstić information content (AvgIpc) is 2.42. The summed E-state index contributed by atoms with van der Waals surface area (Å²) < 4.78 is 0. The van der Waals surface area contributed by atoms with E-state index in [1.54, 1.807) is 6.92 Å². The van der Waals surface area contributed by atoms with Crippen LogP contribution >= 0.6 is 0 Å². The van der Waals surface area contributed by atoms with Crippen molar-refractivity contribution in [3.8, 4) is 0 Å². The molecule has 0 saturated carbocycles. The topological polar surface area (TPSA) is 37.3 Å². The van der Waals surface area contributed by atoms with Crippen LogP contribution in [-0.2, 0) is 4.79 Å². The van der Waals surface area contributed by atoms with Crippen LogP contribution in [-0.4, -0.2) is 11.1 Å². The van der Waals surface area contributed by atoms with E-state index in [1.165, 1.54) is 30.1 Å². The third-order valence-electron chi connectivity index (χ3n) is 4.68. The fraction of sp³-hybridized carbons (Fsp3) is 0.476. The predicted molar refractivity (Wildman–Crippen MR) is 98.3 cm³/mol. The quantitative estimate of drug-likeness (QED) is 0.510. The van der Waals surface area contributed by atoms with Gasteiger partial charge in [0.15, 0.2) is 0 Å². The second kappa shape index (κ2) is 8.14. The maximum Gasteiger partial charge on any atom is 0.328 e. The Morgan fingerprint density at radius 2 is 1.87 bits per heavy atom.